The number of rotatable bonds is 5. The highest BCUT2D eigenvalue weighted by molar-refractivity contribution is 7.12. The molecule has 0 saturated carbocycles. The standard InChI is InChI=1S/C15H18N2O2S/c1-11-5-3-4-6-13(11)19-9-8-17(2)15(18)14-12(16)7-10-20-14/h3-7,10H,8-9,16H2,1-2H3. The number of amides is 1. The van der Waals surface area contributed by atoms with Gasteiger partial charge in [0.25, 0.3) is 5.91 Å². The number of anilines is 1. The molecule has 106 valence electrons. The van der Waals surface area contributed by atoms with Crippen molar-refractivity contribution in [2.24, 2.45) is 0 Å². The molecule has 4 nitrogen and oxygen atoms in total. The Morgan fingerprint density at radius 1 is 1.35 bits per heavy atom. The van der Waals surface area contributed by atoms with E-state index in [0.29, 0.717) is 23.7 Å². The van der Waals surface area contributed by atoms with Crippen LogP contribution in [0.25, 0.3) is 0 Å². The first-order valence-electron chi connectivity index (χ1n) is 6.36. The number of likely N-dealkylation sites (N-methyl/N-ethyl adjacent to an activating group) is 1. The van der Waals surface area contributed by atoms with Gasteiger partial charge in [0.15, 0.2) is 0 Å². The zero-order valence-corrected chi connectivity index (χ0v) is 12.4. The average molecular weight is 290 g/mol. The number of nitrogens with two attached hydrogens (primary N) is 1. The first kappa shape index (κ1) is 14.4. The minimum Gasteiger partial charge on any atom is -0.491 e. The van der Waals surface area contributed by atoms with Gasteiger partial charge in [0.1, 0.15) is 17.2 Å². The number of benzene rings is 1. The molecule has 0 aliphatic heterocycles. The molecule has 0 fully saturated rings. The lowest BCUT2D eigenvalue weighted by atomic mass is 10.2. The maximum absolute atomic E-state index is 12.1. The predicted molar refractivity (Wildman–Crippen MR) is 82.4 cm³/mol. The number of carbonyl (C=O) groups excluding carboxylic acids is 1. The third-order valence-corrected chi connectivity index (χ3v) is 3.93. The molecule has 2 N–H and O–H groups in total. The fourth-order valence-corrected chi connectivity index (χ4v) is 2.59. The highest BCUT2D eigenvalue weighted by Gasteiger charge is 2.15. The number of aryl methyl sites for hydroxylation is 1. The molecular formula is C15H18N2O2S. The van der Waals surface area contributed by atoms with E-state index in [4.69, 9.17) is 10.5 Å². The van der Waals surface area contributed by atoms with Gasteiger partial charge in [0.2, 0.25) is 0 Å². The van der Waals surface area contributed by atoms with Crippen molar-refractivity contribution in [1.29, 1.82) is 0 Å². The van der Waals surface area contributed by atoms with Crippen LogP contribution in [-0.2, 0) is 0 Å². The summed E-state index contributed by atoms with van der Waals surface area (Å²) in [5.74, 6) is 0.787. The maximum Gasteiger partial charge on any atom is 0.265 e. The van der Waals surface area contributed by atoms with Crippen LogP contribution in [0.1, 0.15) is 15.2 Å². The molecule has 0 aliphatic carbocycles. The van der Waals surface area contributed by atoms with Crippen LogP contribution in [0.4, 0.5) is 5.69 Å². The van der Waals surface area contributed by atoms with Crippen LogP contribution in [-0.4, -0.2) is 31.0 Å². The van der Waals surface area contributed by atoms with Crippen LogP contribution in [0.5, 0.6) is 5.75 Å². The zero-order valence-electron chi connectivity index (χ0n) is 11.6. The third kappa shape index (κ3) is 3.30. The van der Waals surface area contributed by atoms with Crippen LogP contribution >= 0.6 is 11.3 Å². The van der Waals surface area contributed by atoms with Crippen molar-refractivity contribution in [1.82, 2.24) is 4.90 Å². The van der Waals surface area contributed by atoms with Gasteiger partial charge in [0.05, 0.1) is 12.2 Å². The number of hydrogen-bond donors (Lipinski definition) is 1. The van der Waals surface area contributed by atoms with E-state index in [1.165, 1.54) is 11.3 Å². The summed E-state index contributed by atoms with van der Waals surface area (Å²) < 4.78 is 5.68. The third-order valence-electron chi connectivity index (χ3n) is 3.01. The van der Waals surface area contributed by atoms with Gasteiger partial charge in [-0.3, -0.25) is 4.79 Å². The summed E-state index contributed by atoms with van der Waals surface area (Å²) in [5, 5.41) is 1.82. The molecular weight excluding hydrogens is 272 g/mol. The number of hydrogen-bond acceptors (Lipinski definition) is 4. The van der Waals surface area contributed by atoms with Gasteiger partial charge < -0.3 is 15.4 Å². The lowest BCUT2D eigenvalue weighted by Crippen LogP contribution is -2.30. The maximum atomic E-state index is 12.1. The normalized spacial score (nSPS) is 10.3. The smallest absolute Gasteiger partial charge is 0.265 e. The number of ether oxygens (including phenoxy) is 1. The zero-order chi connectivity index (χ0) is 14.5. The Kier molecular flexibility index (Phi) is 4.63. The molecule has 0 saturated heterocycles. The highest BCUT2D eigenvalue weighted by atomic mass is 32.1. The molecule has 0 spiro atoms. The van der Waals surface area contributed by atoms with Crippen molar-refractivity contribution in [3.63, 3.8) is 0 Å². The quantitative estimate of drug-likeness (QED) is 0.921. The van der Waals surface area contributed by atoms with E-state index < -0.39 is 0 Å². The Morgan fingerprint density at radius 3 is 2.75 bits per heavy atom. The Hall–Kier alpha value is -2.01. The monoisotopic (exact) mass is 290 g/mol. The first-order valence-corrected chi connectivity index (χ1v) is 7.24. The van der Waals surface area contributed by atoms with E-state index in [0.717, 1.165) is 11.3 Å². The van der Waals surface area contributed by atoms with E-state index in [1.54, 1.807) is 18.0 Å². The van der Waals surface area contributed by atoms with Crippen molar-refractivity contribution >= 4 is 22.9 Å². The van der Waals surface area contributed by atoms with Gasteiger partial charge in [-0.1, -0.05) is 18.2 Å². The second kappa shape index (κ2) is 6.43. The Morgan fingerprint density at radius 2 is 2.10 bits per heavy atom. The molecule has 5 heteroatoms. The van der Waals surface area contributed by atoms with Crippen LogP contribution in [0, 0.1) is 6.92 Å². The molecule has 0 unspecified atom stereocenters. The van der Waals surface area contributed by atoms with Gasteiger partial charge in [-0.05, 0) is 30.0 Å². The van der Waals surface area contributed by atoms with Gasteiger partial charge in [-0.15, -0.1) is 11.3 Å². The summed E-state index contributed by atoms with van der Waals surface area (Å²) in [6.45, 7) is 2.97. The van der Waals surface area contributed by atoms with Crippen LogP contribution in [0.3, 0.4) is 0 Å². The number of carbonyl (C=O) groups is 1. The minimum absolute atomic E-state index is 0.0640. The molecule has 0 aliphatic rings. The summed E-state index contributed by atoms with van der Waals surface area (Å²) in [4.78, 5) is 14.3. The molecule has 2 aromatic rings. The molecule has 0 bridgehead atoms. The fourth-order valence-electron chi connectivity index (χ4n) is 1.78. The minimum atomic E-state index is -0.0640. The van der Waals surface area contributed by atoms with E-state index in [9.17, 15) is 4.79 Å². The predicted octanol–water partition coefficient (Wildman–Crippen LogP) is 2.79. The van der Waals surface area contributed by atoms with Crippen LogP contribution in [0.15, 0.2) is 35.7 Å². The summed E-state index contributed by atoms with van der Waals surface area (Å²) in [7, 11) is 1.75. The van der Waals surface area contributed by atoms with E-state index in [1.807, 2.05) is 36.6 Å². The van der Waals surface area contributed by atoms with Gasteiger partial charge in [-0.2, -0.15) is 0 Å². The number of nitrogens with zero attached hydrogens (tertiary/aromatic N) is 1. The van der Waals surface area contributed by atoms with Crippen molar-refractivity contribution in [2.75, 3.05) is 25.9 Å². The van der Waals surface area contributed by atoms with Crippen LogP contribution < -0.4 is 10.5 Å². The van der Waals surface area contributed by atoms with E-state index >= 15 is 0 Å². The largest absolute Gasteiger partial charge is 0.491 e. The number of nitrogen functional groups attached to an aromatic ring is 1. The Balaban J connectivity index is 1.87. The summed E-state index contributed by atoms with van der Waals surface area (Å²) in [6.07, 6.45) is 0. The summed E-state index contributed by atoms with van der Waals surface area (Å²) >= 11 is 1.36. The fraction of sp³-hybridized carbons (Fsp3) is 0.267. The molecule has 1 aromatic carbocycles. The second-order valence-electron chi connectivity index (χ2n) is 4.55. The van der Waals surface area contributed by atoms with Gasteiger partial charge in [0, 0.05) is 7.05 Å². The second-order valence-corrected chi connectivity index (χ2v) is 5.46. The van der Waals surface area contributed by atoms with E-state index in [2.05, 4.69) is 0 Å². The summed E-state index contributed by atoms with van der Waals surface area (Å²) in [6, 6.07) is 9.57. The molecule has 0 atom stereocenters. The molecule has 1 amide bonds. The van der Waals surface area contributed by atoms with Crippen molar-refractivity contribution in [3.05, 3.63) is 46.2 Å². The highest BCUT2D eigenvalue weighted by Crippen LogP contribution is 2.20. The molecule has 20 heavy (non-hydrogen) atoms. The molecule has 1 aromatic heterocycles. The number of thiophene rings is 1. The molecule has 0 radical (unpaired) electrons. The van der Waals surface area contributed by atoms with Crippen molar-refractivity contribution < 1.29 is 9.53 Å². The first-order chi connectivity index (χ1) is 9.59. The summed E-state index contributed by atoms with van der Waals surface area (Å²) in [5.41, 5.74) is 7.37. The van der Waals surface area contributed by atoms with E-state index in [-0.39, 0.29) is 5.91 Å². The molecule has 2 rings (SSSR count). The number of para-hydroxylation sites is 1. The Bertz CT molecular complexity index is 595. The van der Waals surface area contributed by atoms with Gasteiger partial charge >= 0.3 is 0 Å². The lowest BCUT2D eigenvalue weighted by Gasteiger charge is -2.17. The Labute approximate surface area is 122 Å². The SMILES string of the molecule is Cc1ccccc1OCCN(C)C(=O)c1sccc1N. The van der Waals surface area contributed by atoms with Crippen molar-refractivity contribution in [3.8, 4) is 5.75 Å². The average Bonchev–Trinajstić information content (AvgIpc) is 2.86. The van der Waals surface area contributed by atoms with Crippen molar-refractivity contribution in [2.45, 2.75) is 6.92 Å². The topological polar surface area (TPSA) is 55.6 Å². The molecule has 1 heterocycles. The van der Waals surface area contributed by atoms with Crippen LogP contribution in [0.2, 0.25) is 0 Å². The lowest BCUT2D eigenvalue weighted by molar-refractivity contribution is 0.0779. The van der Waals surface area contributed by atoms with Gasteiger partial charge in [-0.25, -0.2) is 0 Å².